The number of carbonyl (C=O) groups is 2. The summed E-state index contributed by atoms with van der Waals surface area (Å²) in [6, 6.07) is 7.26. The van der Waals surface area contributed by atoms with Gasteiger partial charge < -0.3 is 10.2 Å². The van der Waals surface area contributed by atoms with E-state index in [4.69, 9.17) is 0 Å². The van der Waals surface area contributed by atoms with E-state index < -0.39 is 30.5 Å². The fourth-order valence-electron chi connectivity index (χ4n) is 2.47. The second-order valence-electron chi connectivity index (χ2n) is 5.41. The van der Waals surface area contributed by atoms with Crippen LogP contribution in [0.15, 0.2) is 24.3 Å². The lowest BCUT2D eigenvalue weighted by atomic mass is 10.1. The summed E-state index contributed by atoms with van der Waals surface area (Å²) in [5.74, 6) is -1.03. The van der Waals surface area contributed by atoms with Gasteiger partial charge >= 0.3 is 6.18 Å². The lowest BCUT2D eigenvalue weighted by molar-refractivity contribution is -0.157. The van der Waals surface area contributed by atoms with Gasteiger partial charge in [-0.3, -0.25) is 9.59 Å². The van der Waals surface area contributed by atoms with Gasteiger partial charge in [-0.15, -0.1) is 0 Å². The van der Waals surface area contributed by atoms with Crippen molar-refractivity contribution in [1.29, 1.82) is 0 Å². The van der Waals surface area contributed by atoms with Gasteiger partial charge in [0.1, 0.15) is 6.54 Å². The molecule has 1 aliphatic heterocycles. The van der Waals surface area contributed by atoms with Crippen LogP contribution >= 0.6 is 11.8 Å². The smallest absolute Gasteiger partial charge is 0.333 e. The maximum atomic E-state index is 12.4. The Morgan fingerprint density at radius 3 is 2.83 bits per heavy atom. The van der Waals surface area contributed by atoms with Crippen LogP contribution < -0.4 is 5.32 Å². The summed E-state index contributed by atoms with van der Waals surface area (Å²) in [7, 11) is 0. The zero-order valence-electron chi connectivity index (χ0n) is 12.5. The SMILES string of the molecule is CSCc1cccc(NC(=O)[C@@H]2CC(=O)N(CC(F)(F)F)C2)c1. The van der Waals surface area contributed by atoms with Crippen molar-refractivity contribution in [3.05, 3.63) is 29.8 Å². The highest BCUT2D eigenvalue weighted by atomic mass is 32.2. The zero-order chi connectivity index (χ0) is 17.0. The Balaban J connectivity index is 1.96. The van der Waals surface area contributed by atoms with Crippen molar-refractivity contribution in [1.82, 2.24) is 4.90 Å². The van der Waals surface area contributed by atoms with Gasteiger partial charge in [0, 0.05) is 24.4 Å². The van der Waals surface area contributed by atoms with E-state index in [9.17, 15) is 22.8 Å². The van der Waals surface area contributed by atoms with E-state index in [-0.39, 0.29) is 13.0 Å². The summed E-state index contributed by atoms with van der Waals surface area (Å²) in [6.45, 7) is -1.51. The monoisotopic (exact) mass is 346 g/mol. The molecule has 0 bridgehead atoms. The largest absolute Gasteiger partial charge is 0.406 e. The van der Waals surface area contributed by atoms with Crippen LogP contribution in [0.3, 0.4) is 0 Å². The molecule has 1 aromatic rings. The number of amides is 2. The number of halogens is 3. The second-order valence-corrected chi connectivity index (χ2v) is 6.28. The topological polar surface area (TPSA) is 49.4 Å². The highest BCUT2D eigenvalue weighted by Crippen LogP contribution is 2.25. The van der Waals surface area contributed by atoms with E-state index in [1.165, 1.54) is 0 Å². The average Bonchev–Trinajstić information content (AvgIpc) is 2.79. The summed E-state index contributed by atoms with van der Waals surface area (Å²) < 4.78 is 37.1. The molecule has 1 fully saturated rings. The van der Waals surface area contributed by atoms with E-state index >= 15 is 0 Å². The van der Waals surface area contributed by atoms with Gasteiger partial charge in [0.2, 0.25) is 11.8 Å². The predicted molar refractivity (Wildman–Crippen MR) is 83.0 cm³/mol. The fraction of sp³-hybridized carbons (Fsp3) is 0.467. The first-order valence-electron chi connectivity index (χ1n) is 7.02. The second kappa shape index (κ2) is 7.25. The zero-order valence-corrected chi connectivity index (χ0v) is 13.3. The summed E-state index contributed by atoms with van der Waals surface area (Å²) in [5, 5.41) is 2.68. The van der Waals surface area contributed by atoms with Crippen molar-refractivity contribution in [2.24, 2.45) is 5.92 Å². The average molecular weight is 346 g/mol. The van der Waals surface area contributed by atoms with Crippen molar-refractivity contribution >= 4 is 29.3 Å². The Morgan fingerprint density at radius 1 is 1.43 bits per heavy atom. The molecule has 1 aliphatic rings. The van der Waals surface area contributed by atoms with Crippen molar-refractivity contribution in [3.8, 4) is 0 Å². The number of rotatable bonds is 5. The first-order valence-corrected chi connectivity index (χ1v) is 8.41. The third-order valence-corrected chi connectivity index (χ3v) is 4.08. The number of carbonyl (C=O) groups excluding carboxylic acids is 2. The van der Waals surface area contributed by atoms with E-state index in [2.05, 4.69) is 5.32 Å². The first-order chi connectivity index (χ1) is 10.8. The van der Waals surface area contributed by atoms with Crippen LogP contribution in [0.5, 0.6) is 0 Å². The molecule has 8 heteroatoms. The lowest BCUT2D eigenvalue weighted by Gasteiger charge is -2.18. The van der Waals surface area contributed by atoms with Gasteiger partial charge in [0.15, 0.2) is 0 Å². The molecular weight excluding hydrogens is 329 g/mol. The van der Waals surface area contributed by atoms with Crippen LogP contribution in [0.25, 0.3) is 0 Å². The van der Waals surface area contributed by atoms with E-state index in [1.807, 2.05) is 18.4 Å². The summed E-state index contributed by atoms with van der Waals surface area (Å²) in [6.07, 6.45) is -2.68. The Morgan fingerprint density at radius 2 is 2.17 bits per heavy atom. The molecule has 0 aliphatic carbocycles. The molecule has 23 heavy (non-hydrogen) atoms. The van der Waals surface area contributed by atoms with Gasteiger partial charge in [-0.2, -0.15) is 24.9 Å². The molecule has 0 aromatic heterocycles. The minimum atomic E-state index is -4.45. The molecule has 2 rings (SSSR count). The van der Waals surface area contributed by atoms with Crippen LogP contribution in [0, 0.1) is 5.92 Å². The minimum Gasteiger partial charge on any atom is -0.333 e. The molecule has 0 radical (unpaired) electrons. The lowest BCUT2D eigenvalue weighted by Crippen LogP contribution is -2.36. The first kappa shape index (κ1) is 17.7. The number of benzene rings is 1. The fourth-order valence-corrected chi connectivity index (χ4v) is 2.98. The van der Waals surface area contributed by atoms with Crippen molar-refractivity contribution in [2.45, 2.75) is 18.3 Å². The molecule has 1 N–H and O–H groups in total. The number of anilines is 1. The standard InChI is InChI=1S/C15H17F3N2O2S/c1-23-8-10-3-2-4-12(5-10)19-14(22)11-6-13(21)20(7-11)9-15(16,17)18/h2-5,11H,6-9H2,1H3,(H,19,22)/t11-/m1/s1. The summed E-state index contributed by atoms with van der Waals surface area (Å²) >= 11 is 1.64. The maximum Gasteiger partial charge on any atom is 0.406 e. The van der Waals surface area contributed by atoms with Crippen LogP contribution in [-0.2, 0) is 15.3 Å². The molecule has 1 aromatic carbocycles. The quantitative estimate of drug-likeness (QED) is 0.892. The number of alkyl halides is 3. The number of likely N-dealkylation sites (tertiary alicyclic amines) is 1. The van der Waals surface area contributed by atoms with Gasteiger partial charge in [0.25, 0.3) is 0 Å². The van der Waals surface area contributed by atoms with Crippen LogP contribution in [-0.4, -0.2) is 42.2 Å². The van der Waals surface area contributed by atoms with Crippen LogP contribution in [0.2, 0.25) is 0 Å². The highest BCUT2D eigenvalue weighted by Gasteiger charge is 2.40. The van der Waals surface area contributed by atoms with E-state index in [1.54, 1.807) is 23.9 Å². The Hall–Kier alpha value is -1.70. The van der Waals surface area contributed by atoms with Gasteiger partial charge in [-0.1, -0.05) is 12.1 Å². The van der Waals surface area contributed by atoms with E-state index in [0.717, 1.165) is 11.3 Å². The number of nitrogens with zero attached hydrogens (tertiary/aromatic N) is 1. The molecule has 0 unspecified atom stereocenters. The van der Waals surface area contributed by atoms with Gasteiger partial charge in [-0.05, 0) is 24.0 Å². The number of hydrogen-bond acceptors (Lipinski definition) is 3. The van der Waals surface area contributed by atoms with E-state index in [0.29, 0.717) is 10.6 Å². The molecule has 0 spiro atoms. The van der Waals surface area contributed by atoms with Crippen molar-refractivity contribution in [3.63, 3.8) is 0 Å². The molecule has 126 valence electrons. The number of nitrogens with one attached hydrogen (secondary N) is 1. The van der Waals surface area contributed by atoms with Gasteiger partial charge in [0.05, 0.1) is 5.92 Å². The minimum absolute atomic E-state index is 0.188. The van der Waals surface area contributed by atoms with Gasteiger partial charge in [-0.25, -0.2) is 0 Å². The molecule has 1 saturated heterocycles. The van der Waals surface area contributed by atoms with Crippen molar-refractivity contribution in [2.75, 3.05) is 24.7 Å². The number of hydrogen-bond donors (Lipinski definition) is 1. The molecule has 2 amide bonds. The van der Waals surface area contributed by atoms with Crippen LogP contribution in [0.4, 0.5) is 18.9 Å². The van der Waals surface area contributed by atoms with Crippen LogP contribution in [0.1, 0.15) is 12.0 Å². The Labute approximate surface area is 136 Å². The third kappa shape index (κ3) is 5.16. The predicted octanol–water partition coefficient (Wildman–Crippen LogP) is 2.90. The maximum absolute atomic E-state index is 12.4. The molecule has 1 atom stereocenters. The highest BCUT2D eigenvalue weighted by molar-refractivity contribution is 7.97. The molecule has 4 nitrogen and oxygen atoms in total. The summed E-state index contributed by atoms with van der Waals surface area (Å²) in [5.41, 5.74) is 1.62. The normalized spacial score (nSPS) is 18.3. The summed E-state index contributed by atoms with van der Waals surface area (Å²) in [4.78, 5) is 24.5. The Bertz CT molecular complexity index is 592. The third-order valence-electron chi connectivity index (χ3n) is 3.46. The number of thioether (sulfide) groups is 1. The molecular formula is C15H17F3N2O2S. The van der Waals surface area contributed by atoms with Crippen molar-refractivity contribution < 1.29 is 22.8 Å². The Kier molecular flexibility index (Phi) is 5.56. The molecule has 1 heterocycles. The molecule has 0 saturated carbocycles.